The lowest BCUT2D eigenvalue weighted by Crippen LogP contribution is -2.17. The Morgan fingerprint density at radius 1 is 0.935 bits per heavy atom. The van der Waals surface area contributed by atoms with E-state index in [0.29, 0.717) is 10.6 Å². The van der Waals surface area contributed by atoms with E-state index >= 15 is 0 Å². The van der Waals surface area contributed by atoms with Gasteiger partial charge in [0.15, 0.2) is 0 Å². The predicted molar refractivity (Wildman–Crippen MR) is 134 cm³/mol. The van der Waals surface area contributed by atoms with Gasteiger partial charge in [-0.05, 0) is 77.9 Å². The Morgan fingerprint density at radius 2 is 1.61 bits per heavy atom. The molecule has 2 N–H and O–H groups in total. The molecular formula is C27H29ClN2O. The average Bonchev–Trinajstić information content (AvgIpc) is 2.71. The molecule has 1 amide bonds. The van der Waals surface area contributed by atoms with E-state index in [1.54, 1.807) is 0 Å². The second kappa shape index (κ2) is 8.99. The van der Waals surface area contributed by atoms with Crippen molar-refractivity contribution < 1.29 is 4.79 Å². The minimum atomic E-state index is -0.159. The summed E-state index contributed by atoms with van der Waals surface area (Å²) in [5, 5.41) is 7.19. The lowest BCUT2D eigenvalue weighted by Gasteiger charge is -2.22. The Balaban J connectivity index is 1.98. The van der Waals surface area contributed by atoms with Gasteiger partial charge in [0, 0.05) is 16.3 Å². The van der Waals surface area contributed by atoms with Crippen molar-refractivity contribution in [3.63, 3.8) is 0 Å². The summed E-state index contributed by atoms with van der Waals surface area (Å²) in [6, 6.07) is 17.8. The van der Waals surface area contributed by atoms with Crippen molar-refractivity contribution in [3.8, 4) is 0 Å². The summed E-state index contributed by atoms with van der Waals surface area (Å²) in [5.41, 5.74) is 6.98. The van der Waals surface area contributed by atoms with Crippen LogP contribution in [-0.2, 0) is 5.41 Å². The molecule has 0 aliphatic carbocycles. The van der Waals surface area contributed by atoms with Gasteiger partial charge >= 0.3 is 0 Å². The normalized spacial score (nSPS) is 11.2. The summed E-state index contributed by atoms with van der Waals surface area (Å²) in [6.45, 7) is 14.1. The molecule has 160 valence electrons. The Morgan fingerprint density at radius 3 is 2.23 bits per heavy atom. The van der Waals surface area contributed by atoms with Gasteiger partial charge in [0.25, 0.3) is 5.91 Å². The Kier molecular flexibility index (Phi) is 6.56. The van der Waals surface area contributed by atoms with Crippen LogP contribution in [0.25, 0.3) is 6.08 Å². The number of rotatable bonds is 5. The molecule has 0 radical (unpaired) electrons. The molecule has 0 aromatic heterocycles. The van der Waals surface area contributed by atoms with Crippen LogP contribution in [0.15, 0.2) is 61.2 Å². The molecule has 0 aliphatic heterocycles. The van der Waals surface area contributed by atoms with E-state index < -0.39 is 0 Å². The van der Waals surface area contributed by atoms with Crippen molar-refractivity contribution in [2.75, 3.05) is 10.6 Å². The number of benzene rings is 3. The van der Waals surface area contributed by atoms with Gasteiger partial charge in [-0.1, -0.05) is 63.2 Å². The van der Waals surface area contributed by atoms with E-state index in [4.69, 9.17) is 11.6 Å². The zero-order valence-electron chi connectivity index (χ0n) is 18.8. The third-order valence-electron chi connectivity index (χ3n) is 5.31. The average molecular weight is 433 g/mol. The Bertz CT molecular complexity index is 1130. The molecule has 0 spiro atoms. The summed E-state index contributed by atoms with van der Waals surface area (Å²) in [5.74, 6) is -0.159. The van der Waals surface area contributed by atoms with Crippen molar-refractivity contribution in [2.45, 2.75) is 40.0 Å². The lowest BCUT2D eigenvalue weighted by atomic mass is 9.86. The lowest BCUT2D eigenvalue weighted by molar-refractivity contribution is 0.102. The number of amides is 1. The minimum absolute atomic E-state index is 0.0452. The number of carbonyl (C=O) groups is 1. The highest BCUT2D eigenvalue weighted by molar-refractivity contribution is 6.31. The van der Waals surface area contributed by atoms with Crippen molar-refractivity contribution in [3.05, 3.63) is 94.0 Å². The van der Waals surface area contributed by atoms with E-state index in [0.717, 1.165) is 39.3 Å². The third-order valence-corrected chi connectivity index (χ3v) is 5.72. The molecule has 3 aromatic carbocycles. The van der Waals surface area contributed by atoms with Crippen molar-refractivity contribution in [1.29, 1.82) is 0 Å². The molecule has 0 bridgehead atoms. The van der Waals surface area contributed by atoms with Crippen LogP contribution in [0.4, 0.5) is 17.1 Å². The largest absolute Gasteiger partial charge is 0.354 e. The van der Waals surface area contributed by atoms with Crippen molar-refractivity contribution in [2.24, 2.45) is 0 Å². The summed E-state index contributed by atoms with van der Waals surface area (Å²) >= 11 is 6.21. The number of anilines is 3. The van der Waals surface area contributed by atoms with Gasteiger partial charge in [-0.2, -0.15) is 0 Å². The predicted octanol–water partition coefficient (Wildman–Crippen LogP) is 7.89. The van der Waals surface area contributed by atoms with E-state index in [-0.39, 0.29) is 11.3 Å². The van der Waals surface area contributed by atoms with Crippen LogP contribution >= 0.6 is 11.6 Å². The van der Waals surface area contributed by atoms with Crippen LogP contribution < -0.4 is 10.6 Å². The van der Waals surface area contributed by atoms with Crippen molar-refractivity contribution >= 4 is 40.6 Å². The second-order valence-corrected chi connectivity index (χ2v) is 9.24. The van der Waals surface area contributed by atoms with Gasteiger partial charge in [-0.25, -0.2) is 0 Å². The van der Waals surface area contributed by atoms with Gasteiger partial charge in [0.05, 0.1) is 11.4 Å². The molecule has 0 atom stereocenters. The smallest absolute Gasteiger partial charge is 0.255 e. The first-order valence-corrected chi connectivity index (χ1v) is 10.7. The van der Waals surface area contributed by atoms with Crippen LogP contribution in [0.2, 0.25) is 5.02 Å². The molecule has 0 aliphatic rings. The minimum Gasteiger partial charge on any atom is -0.354 e. The zero-order chi connectivity index (χ0) is 22.8. The molecule has 3 nitrogen and oxygen atoms in total. The maximum atomic E-state index is 13.2. The Hall–Kier alpha value is -3.04. The van der Waals surface area contributed by atoms with Crippen molar-refractivity contribution in [1.82, 2.24) is 0 Å². The molecule has 3 rings (SSSR count). The molecule has 0 heterocycles. The van der Waals surface area contributed by atoms with Crippen LogP contribution in [-0.4, -0.2) is 5.91 Å². The number of halogens is 1. The first kappa shape index (κ1) is 22.6. The topological polar surface area (TPSA) is 41.1 Å². The summed E-state index contributed by atoms with van der Waals surface area (Å²) in [7, 11) is 0. The van der Waals surface area contributed by atoms with Crippen LogP contribution in [0.3, 0.4) is 0 Å². The molecule has 3 aromatic rings. The molecule has 0 saturated heterocycles. The van der Waals surface area contributed by atoms with Gasteiger partial charge in [-0.15, -0.1) is 0 Å². The number of aryl methyl sites for hydroxylation is 2. The maximum Gasteiger partial charge on any atom is 0.255 e. The summed E-state index contributed by atoms with van der Waals surface area (Å²) in [4.78, 5) is 13.2. The SMILES string of the molecule is C=Cc1ccc(Nc2ccc(C(C)(C)C)cc2NC(=O)c2cc(C)c(Cl)cc2C)cc1. The fraction of sp³-hybridized carbons (Fsp3) is 0.222. The van der Waals surface area contributed by atoms with E-state index in [1.807, 2.05) is 68.5 Å². The van der Waals surface area contributed by atoms with E-state index in [9.17, 15) is 4.79 Å². The third kappa shape index (κ3) is 5.36. The second-order valence-electron chi connectivity index (χ2n) is 8.83. The number of hydrogen-bond donors (Lipinski definition) is 2. The first-order chi connectivity index (χ1) is 14.6. The van der Waals surface area contributed by atoms with Crippen LogP contribution in [0.5, 0.6) is 0 Å². The molecular weight excluding hydrogens is 404 g/mol. The molecule has 0 saturated carbocycles. The molecule has 0 fully saturated rings. The van der Waals surface area contributed by atoms with Gasteiger partial charge in [0.2, 0.25) is 0 Å². The highest BCUT2D eigenvalue weighted by Crippen LogP contribution is 2.33. The summed E-state index contributed by atoms with van der Waals surface area (Å²) < 4.78 is 0. The monoisotopic (exact) mass is 432 g/mol. The molecule has 0 unspecified atom stereocenters. The zero-order valence-corrected chi connectivity index (χ0v) is 19.5. The molecule has 31 heavy (non-hydrogen) atoms. The number of carbonyl (C=O) groups excluding carboxylic acids is 1. The first-order valence-electron chi connectivity index (χ1n) is 10.3. The number of hydrogen-bond acceptors (Lipinski definition) is 2. The fourth-order valence-electron chi connectivity index (χ4n) is 3.30. The van der Waals surface area contributed by atoms with Crippen LogP contribution in [0, 0.1) is 13.8 Å². The van der Waals surface area contributed by atoms with Gasteiger partial charge in [-0.3, -0.25) is 4.79 Å². The summed E-state index contributed by atoms with van der Waals surface area (Å²) in [6.07, 6.45) is 1.81. The molecule has 4 heteroatoms. The standard InChI is InChI=1S/C27H29ClN2O/c1-7-19-8-11-21(12-9-19)29-24-13-10-20(27(4,5)6)16-25(24)30-26(31)22-14-18(3)23(28)15-17(22)2/h7-16,29H,1H2,2-6H3,(H,30,31). The van der Waals surface area contributed by atoms with Gasteiger partial charge < -0.3 is 10.6 Å². The maximum absolute atomic E-state index is 13.2. The van der Waals surface area contributed by atoms with E-state index in [1.165, 1.54) is 0 Å². The quantitative estimate of drug-likeness (QED) is 0.430. The number of nitrogens with one attached hydrogen (secondary N) is 2. The van der Waals surface area contributed by atoms with Crippen LogP contribution in [0.1, 0.15) is 53.4 Å². The highest BCUT2D eigenvalue weighted by Gasteiger charge is 2.18. The Labute approximate surface area is 190 Å². The highest BCUT2D eigenvalue weighted by atomic mass is 35.5. The van der Waals surface area contributed by atoms with Gasteiger partial charge in [0.1, 0.15) is 0 Å². The fourth-order valence-corrected chi connectivity index (χ4v) is 3.51. The van der Waals surface area contributed by atoms with E-state index in [2.05, 4.69) is 44.1 Å².